The van der Waals surface area contributed by atoms with Crippen molar-refractivity contribution in [2.24, 2.45) is 0 Å². The highest BCUT2D eigenvalue weighted by Crippen LogP contribution is 2.31. The van der Waals surface area contributed by atoms with Crippen LogP contribution in [0.25, 0.3) is 0 Å². The molecule has 0 amide bonds. The monoisotopic (exact) mass is 285 g/mol. The maximum Gasteiger partial charge on any atom is 0.126 e. The van der Waals surface area contributed by atoms with Crippen molar-refractivity contribution in [1.82, 2.24) is 5.32 Å². The van der Waals surface area contributed by atoms with E-state index >= 15 is 0 Å². The molecule has 0 aromatic heterocycles. The summed E-state index contributed by atoms with van der Waals surface area (Å²) >= 11 is 0. The first-order valence-corrected chi connectivity index (χ1v) is 7.45. The minimum absolute atomic E-state index is 0.0143. The van der Waals surface area contributed by atoms with Gasteiger partial charge in [-0.25, -0.2) is 4.39 Å². The second-order valence-corrected chi connectivity index (χ2v) is 5.47. The maximum atomic E-state index is 13.3. The van der Waals surface area contributed by atoms with Crippen molar-refractivity contribution in [1.29, 1.82) is 0 Å². The Hall–Kier alpha value is -1.87. The summed E-state index contributed by atoms with van der Waals surface area (Å²) < 4.78 is 19.4. The highest BCUT2D eigenvalue weighted by atomic mass is 19.1. The van der Waals surface area contributed by atoms with Crippen molar-refractivity contribution in [3.63, 3.8) is 0 Å². The molecule has 2 aromatic rings. The van der Waals surface area contributed by atoms with Crippen LogP contribution in [0.2, 0.25) is 0 Å². The van der Waals surface area contributed by atoms with E-state index in [0.29, 0.717) is 5.75 Å². The number of ether oxygens (including phenoxy) is 1. The van der Waals surface area contributed by atoms with Gasteiger partial charge in [0.05, 0.1) is 6.04 Å². The van der Waals surface area contributed by atoms with Crippen LogP contribution in [0.1, 0.15) is 30.0 Å². The van der Waals surface area contributed by atoms with Gasteiger partial charge in [0, 0.05) is 6.07 Å². The quantitative estimate of drug-likeness (QED) is 0.864. The van der Waals surface area contributed by atoms with Crippen molar-refractivity contribution in [3.8, 4) is 5.75 Å². The summed E-state index contributed by atoms with van der Waals surface area (Å²) in [7, 11) is 1.95. The van der Waals surface area contributed by atoms with Gasteiger partial charge in [0.2, 0.25) is 0 Å². The van der Waals surface area contributed by atoms with E-state index in [1.165, 1.54) is 23.3 Å². The molecule has 1 N–H and O–H groups in total. The van der Waals surface area contributed by atoms with E-state index in [1.807, 2.05) is 13.1 Å². The Morgan fingerprint density at radius 1 is 1.14 bits per heavy atom. The molecule has 0 bridgehead atoms. The van der Waals surface area contributed by atoms with Crippen LogP contribution in [-0.2, 0) is 6.42 Å². The van der Waals surface area contributed by atoms with Crippen LogP contribution < -0.4 is 10.1 Å². The number of likely N-dealkylation sites (N-methyl/N-ethyl adjacent to an activating group) is 1. The molecule has 2 atom stereocenters. The fraction of sp³-hybridized carbons (Fsp3) is 0.333. The van der Waals surface area contributed by atoms with Gasteiger partial charge in [-0.15, -0.1) is 0 Å². The van der Waals surface area contributed by atoms with Gasteiger partial charge in [0.15, 0.2) is 0 Å². The molecule has 1 aliphatic carbocycles. The Bertz CT molecular complexity index is 614. The van der Waals surface area contributed by atoms with Gasteiger partial charge in [-0.1, -0.05) is 30.3 Å². The minimum atomic E-state index is -0.262. The molecule has 0 saturated carbocycles. The SMILES string of the molecule is CNC1c2ccccc2CCCC1Oc1cccc(F)c1. The molecule has 3 rings (SSSR count). The van der Waals surface area contributed by atoms with Crippen LogP contribution >= 0.6 is 0 Å². The smallest absolute Gasteiger partial charge is 0.126 e. The largest absolute Gasteiger partial charge is 0.488 e. The van der Waals surface area contributed by atoms with E-state index in [0.717, 1.165) is 19.3 Å². The molecule has 0 fully saturated rings. The zero-order valence-corrected chi connectivity index (χ0v) is 12.2. The molecule has 21 heavy (non-hydrogen) atoms. The summed E-state index contributed by atoms with van der Waals surface area (Å²) in [6.07, 6.45) is 3.11. The lowest BCUT2D eigenvalue weighted by molar-refractivity contribution is 0.148. The first-order valence-electron chi connectivity index (χ1n) is 7.45. The van der Waals surface area contributed by atoms with E-state index < -0.39 is 0 Å². The standard InChI is InChI=1S/C18H20FNO/c1-20-18-16-10-3-2-6-13(16)7-4-11-17(18)21-15-9-5-8-14(19)12-15/h2-3,5-6,8-10,12,17-18,20H,4,7,11H2,1H3. The molecule has 0 spiro atoms. The predicted octanol–water partition coefficient (Wildman–Crippen LogP) is 3.87. The minimum Gasteiger partial charge on any atom is -0.488 e. The summed E-state index contributed by atoms with van der Waals surface area (Å²) in [4.78, 5) is 0. The zero-order chi connectivity index (χ0) is 14.7. The third kappa shape index (κ3) is 3.08. The molecular formula is C18H20FNO. The number of fused-ring (bicyclic) bond motifs is 1. The fourth-order valence-corrected chi connectivity index (χ4v) is 3.11. The Balaban J connectivity index is 1.88. The zero-order valence-electron chi connectivity index (χ0n) is 12.2. The Morgan fingerprint density at radius 2 is 2.00 bits per heavy atom. The van der Waals surface area contributed by atoms with E-state index in [4.69, 9.17) is 4.74 Å². The predicted molar refractivity (Wildman–Crippen MR) is 82.0 cm³/mol. The molecular weight excluding hydrogens is 265 g/mol. The number of aryl methyl sites for hydroxylation is 1. The normalized spacial score (nSPS) is 21.4. The van der Waals surface area contributed by atoms with Crippen molar-refractivity contribution >= 4 is 0 Å². The number of nitrogens with one attached hydrogen (secondary N) is 1. The second-order valence-electron chi connectivity index (χ2n) is 5.47. The molecule has 0 heterocycles. The third-order valence-electron chi connectivity index (χ3n) is 4.09. The maximum absolute atomic E-state index is 13.3. The lowest BCUT2D eigenvalue weighted by Crippen LogP contribution is -2.33. The molecule has 110 valence electrons. The van der Waals surface area contributed by atoms with Crippen LogP contribution in [-0.4, -0.2) is 13.2 Å². The fourth-order valence-electron chi connectivity index (χ4n) is 3.11. The number of rotatable bonds is 3. The van der Waals surface area contributed by atoms with Gasteiger partial charge in [-0.2, -0.15) is 0 Å². The summed E-state index contributed by atoms with van der Waals surface area (Å²) in [5.41, 5.74) is 2.67. The number of halogens is 1. The molecule has 2 unspecified atom stereocenters. The number of hydrogen-bond donors (Lipinski definition) is 1. The average Bonchev–Trinajstić information content (AvgIpc) is 2.66. The van der Waals surface area contributed by atoms with Gasteiger partial charge >= 0.3 is 0 Å². The lowest BCUT2D eigenvalue weighted by Gasteiger charge is -2.27. The number of hydrogen-bond acceptors (Lipinski definition) is 2. The summed E-state index contributed by atoms with van der Waals surface area (Å²) in [5, 5.41) is 3.37. The van der Waals surface area contributed by atoms with Crippen LogP contribution in [0.4, 0.5) is 4.39 Å². The van der Waals surface area contributed by atoms with Crippen molar-refractivity contribution < 1.29 is 9.13 Å². The lowest BCUT2D eigenvalue weighted by atomic mass is 9.98. The highest BCUT2D eigenvalue weighted by molar-refractivity contribution is 5.33. The summed E-state index contributed by atoms with van der Waals surface area (Å²) in [5.74, 6) is 0.335. The van der Waals surface area contributed by atoms with E-state index in [2.05, 4.69) is 29.6 Å². The molecule has 2 aromatic carbocycles. The topological polar surface area (TPSA) is 21.3 Å². The van der Waals surface area contributed by atoms with Crippen LogP contribution in [0.5, 0.6) is 5.75 Å². The first-order chi connectivity index (χ1) is 10.3. The molecule has 0 saturated heterocycles. The second kappa shape index (κ2) is 6.27. The van der Waals surface area contributed by atoms with Gasteiger partial charge in [-0.05, 0) is 49.6 Å². The average molecular weight is 285 g/mol. The molecule has 0 radical (unpaired) electrons. The van der Waals surface area contributed by atoms with Gasteiger partial charge < -0.3 is 10.1 Å². The molecule has 0 aliphatic heterocycles. The Kier molecular flexibility index (Phi) is 4.20. The van der Waals surface area contributed by atoms with Crippen molar-refractivity contribution in [2.45, 2.75) is 31.4 Å². The van der Waals surface area contributed by atoms with Gasteiger partial charge in [0.25, 0.3) is 0 Å². The summed E-state index contributed by atoms with van der Waals surface area (Å²) in [6.45, 7) is 0. The summed E-state index contributed by atoms with van der Waals surface area (Å²) in [6, 6.07) is 15.0. The molecule has 1 aliphatic rings. The number of benzene rings is 2. The van der Waals surface area contributed by atoms with Gasteiger partial charge in [0.1, 0.15) is 17.7 Å². The molecule has 2 nitrogen and oxygen atoms in total. The molecule has 3 heteroatoms. The first kappa shape index (κ1) is 14.1. The third-order valence-corrected chi connectivity index (χ3v) is 4.09. The van der Waals surface area contributed by atoms with Crippen LogP contribution in [0.15, 0.2) is 48.5 Å². The van der Waals surface area contributed by atoms with E-state index in [-0.39, 0.29) is 18.0 Å². The van der Waals surface area contributed by atoms with Crippen LogP contribution in [0.3, 0.4) is 0 Å². The van der Waals surface area contributed by atoms with Crippen molar-refractivity contribution in [2.75, 3.05) is 7.05 Å². The van der Waals surface area contributed by atoms with Gasteiger partial charge in [-0.3, -0.25) is 0 Å². The van der Waals surface area contributed by atoms with Crippen LogP contribution in [0, 0.1) is 5.82 Å². The Morgan fingerprint density at radius 3 is 2.81 bits per heavy atom. The highest BCUT2D eigenvalue weighted by Gasteiger charge is 2.28. The Labute approximate surface area is 125 Å². The van der Waals surface area contributed by atoms with Crippen molar-refractivity contribution in [3.05, 3.63) is 65.5 Å². The van der Waals surface area contributed by atoms with E-state index in [9.17, 15) is 4.39 Å². The van der Waals surface area contributed by atoms with E-state index in [1.54, 1.807) is 6.07 Å².